The number of likely N-dealkylation sites (tertiary alicyclic amines) is 1. The normalized spacial score (nSPS) is 17.4. The molecule has 1 amide bonds. The van der Waals surface area contributed by atoms with Crippen LogP contribution in [0.4, 0.5) is 17.6 Å². The highest BCUT2D eigenvalue weighted by Crippen LogP contribution is 2.35. The van der Waals surface area contributed by atoms with Crippen molar-refractivity contribution < 1.29 is 32.3 Å². The van der Waals surface area contributed by atoms with Gasteiger partial charge in [-0.3, -0.25) is 14.5 Å². The maximum atomic E-state index is 14.1. The van der Waals surface area contributed by atoms with E-state index in [1.54, 1.807) is 11.0 Å². The molecule has 198 valence electrons. The van der Waals surface area contributed by atoms with E-state index < -0.39 is 23.0 Å². The molecule has 3 aromatic rings. The molecule has 1 saturated heterocycles. The van der Waals surface area contributed by atoms with Gasteiger partial charge in [-0.15, -0.1) is 11.3 Å². The number of carboxylic acid groups (broad SMARTS) is 1. The van der Waals surface area contributed by atoms with Crippen LogP contribution >= 0.6 is 11.3 Å². The van der Waals surface area contributed by atoms with Gasteiger partial charge in [0.1, 0.15) is 5.82 Å². The van der Waals surface area contributed by atoms with Gasteiger partial charge < -0.3 is 14.6 Å². The average Bonchev–Trinajstić information content (AvgIpc) is 3.43. The number of aliphatic carboxylic acids is 1. The summed E-state index contributed by atoms with van der Waals surface area (Å²) in [7, 11) is 0. The quantitative estimate of drug-likeness (QED) is 0.472. The summed E-state index contributed by atoms with van der Waals surface area (Å²) in [6.45, 7) is 2.45. The molecule has 2 aromatic heterocycles. The van der Waals surface area contributed by atoms with E-state index in [0.717, 1.165) is 24.1 Å². The topological polar surface area (TPSA) is 78.7 Å². The zero-order chi connectivity index (χ0) is 26.3. The molecule has 12 heteroatoms. The van der Waals surface area contributed by atoms with Crippen molar-refractivity contribution in [1.82, 2.24) is 19.4 Å². The molecule has 4 heterocycles. The number of hydrogen-bond donors (Lipinski definition) is 1. The van der Waals surface area contributed by atoms with E-state index in [-0.39, 0.29) is 37.9 Å². The minimum atomic E-state index is -4.52. The first-order valence-corrected chi connectivity index (χ1v) is 12.9. The maximum absolute atomic E-state index is 14.1. The van der Waals surface area contributed by atoms with Gasteiger partial charge in [-0.25, -0.2) is 9.37 Å². The van der Waals surface area contributed by atoms with Gasteiger partial charge in [0.2, 0.25) is 5.91 Å². The van der Waals surface area contributed by atoms with Crippen LogP contribution in [0.15, 0.2) is 24.4 Å². The second-order valence-electron chi connectivity index (χ2n) is 9.69. The van der Waals surface area contributed by atoms with Gasteiger partial charge in [0, 0.05) is 40.6 Å². The number of benzene rings is 1. The third kappa shape index (κ3) is 5.49. The molecule has 2 aliphatic heterocycles. The van der Waals surface area contributed by atoms with Gasteiger partial charge in [-0.1, -0.05) is 0 Å². The summed E-state index contributed by atoms with van der Waals surface area (Å²) in [5, 5.41) is 8.79. The van der Waals surface area contributed by atoms with Crippen LogP contribution in [0.1, 0.15) is 40.4 Å². The molecule has 0 saturated carbocycles. The minimum Gasteiger partial charge on any atom is -0.481 e. The highest BCUT2D eigenvalue weighted by atomic mass is 32.1. The molecule has 1 N–H and O–H groups in total. The second-order valence-corrected chi connectivity index (χ2v) is 10.8. The SMILES string of the molecule is O=C(O)CC1CCN(CC(=O)N2CCc3c(n(Cc4cnc(C(F)(F)F)s4)c4ccc(F)cc34)C2)CC1. The van der Waals surface area contributed by atoms with Crippen LogP contribution in [-0.2, 0) is 35.3 Å². The summed E-state index contributed by atoms with van der Waals surface area (Å²) >= 11 is 0.580. The summed E-state index contributed by atoms with van der Waals surface area (Å²) in [6, 6.07) is 4.40. The zero-order valence-corrected chi connectivity index (χ0v) is 20.7. The third-order valence-corrected chi connectivity index (χ3v) is 8.24. The van der Waals surface area contributed by atoms with Gasteiger partial charge in [0.25, 0.3) is 0 Å². The van der Waals surface area contributed by atoms with Crippen LogP contribution < -0.4 is 0 Å². The molecule has 1 aromatic carbocycles. The Balaban J connectivity index is 1.35. The summed E-state index contributed by atoms with van der Waals surface area (Å²) < 4.78 is 55.2. The lowest BCUT2D eigenvalue weighted by molar-refractivity contribution is -0.139. The lowest BCUT2D eigenvalue weighted by Crippen LogP contribution is -2.45. The van der Waals surface area contributed by atoms with Gasteiger partial charge in [-0.05, 0) is 62.0 Å². The number of piperidine rings is 1. The molecular formula is C25H26F4N4O3S. The number of aromatic nitrogens is 2. The Kier molecular flexibility index (Phi) is 6.97. The smallest absolute Gasteiger partial charge is 0.443 e. The number of hydrogen-bond acceptors (Lipinski definition) is 5. The molecule has 2 aliphatic rings. The van der Waals surface area contributed by atoms with Crippen molar-refractivity contribution in [3.8, 4) is 0 Å². The average molecular weight is 539 g/mol. The fourth-order valence-corrected chi connectivity index (χ4v) is 6.13. The first kappa shape index (κ1) is 25.7. The van der Waals surface area contributed by atoms with Crippen molar-refractivity contribution in [2.75, 3.05) is 26.2 Å². The van der Waals surface area contributed by atoms with Crippen LogP contribution in [0.5, 0.6) is 0 Å². The first-order valence-electron chi connectivity index (χ1n) is 12.1. The fraction of sp³-hybridized carbons (Fsp3) is 0.480. The zero-order valence-electron chi connectivity index (χ0n) is 19.9. The molecule has 37 heavy (non-hydrogen) atoms. The number of nitrogens with zero attached hydrogens (tertiary/aromatic N) is 4. The van der Waals surface area contributed by atoms with Crippen LogP contribution in [-0.4, -0.2) is 62.5 Å². The lowest BCUT2D eigenvalue weighted by Gasteiger charge is -2.34. The molecule has 0 unspecified atom stereocenters. The second kappa shape index (κ2) is 10.1. The third-order valence-electron chi connectivity index (χ3n) is 7.21. The largest absolute Gasteiger partial charge is 0.481 e. The number of fused-ring (bicyclic) bond motifs is 3. The lowest BCUT2D eigenvalue weighted by atomic mass is 9.93. The van der Waals surface area contributed by atoms with E-state index in [1.165, 1.54) is 18.3 Å². The first-order chi connectivity index (χ1) is 17.6. The number of carbonyl (C=O) groups excluding carboxylic acids is 1. The summed E-state index contributed by atoms with van der Waals surface area (Å²) in [5.74, 6) is -1.12. The summed E-state index contributed by atoms with van der Waals surface area (Å²) in [4.78, 5) is 31.9. The van der Waals surface area contributed by atoms with E-state index in [4.69, 9.17) is 5.11 Å². The van der Waals surface area contributed by atoms with E-state index in [1.807, 2.05) is 9.47 Å². The van der Waals surface area contributed by atoms with Crippen LogP contribution in [0.2, 0.25) is 0 Å². The predicted molar refractivity (Wildman–Crippen MR) is 129 cm³/mol. The molecule has 0 aliphatic carbocycles. The molecule has 0 bridgehead atoms. The van der Waals surface area contributed by atoms with Gasteiger partial charge in [0.15, 0.2) is 5.01 Å². The molecule has 0 spiro atoms. The van der Waals surface area contributed by atoms with Gasteiger partial charge in [-0.2, -0.15) is 13.2 Å². The molecule has 0 radical (unpaired) electrons. The number of halogens is 4. The maximum Gasteiger partial charge on any atom is 0.443 e. The van der Waals surface area contributed by atoms with Crippen molar-refractivity contribution in [2.45, 2.75) is 44.9 Å². The Labute approximate surface area is 214 Å². The van der Waals surface area contributed by atoms with Crippen molar-refractivity contribution in [2.24, 2.45) is 5.92 Å². The van der Waals surface area contributed by atoms with Crippen LogP contribution in [0, 0.1) is 11.7 Å². The monoisotopic (exact) mass is 538 g/mol. The fourth-order valence-electron chi connectivity index (χ4n) is 5.36. The van der Waals surface area contributed by atoms with E-state index in [0.29, 0.717) is 53.2 Å². The molecule has 7 nitrogen and oxygen atoms in total. The standard InChI is InChI=1S/C25H26F4N4O3S/c26-16-1-2-20-19(10-16)18-5-8-32(22(34)14-31-6-3-15(4-7-31)9-23(35)36)13-21(18)33(20)12-17-11-30-24(37-17)25(27,28)29/h1-2,10-11,15H,3-9,12-14H2,(H,35,36). The van der Waals surface area contributed by atoms with E-state index in [9.17, 15) is 27.2 Å². The number of carboxylic acids is 1. The Bertz CT molecular complexity index is 1330. The highest BCUT2D eigenvalue weighted by Gasteiger charge is 2.35. The van der Waals surface area contributed by atoms with Crippen LogP contribution in [0.3, 0.4) is 0 Å². The van der Waals surface area contributed by atoms with Crippen molar-refractivity contribution in [3.63, 3.8) is 0 Å². The molecule has 0 atom stereocenters. The van der Waals surface area contributed by atoms with E-state index >= 15 is 0 Å². The van der Waals surface area contributed by atoms with Gasteiger partial charge >= 0.3 is 12.1 Å². The predicted octanol–water partition coefficient (Wildman–Crippen LogP) is 4.38. The molecular weight excluding hydrogens is 512 g/mol. The number of carbonyl (C=O) groups is 2. The Hall–Kier alpha value is -2.99. The molecule has 5 rings (SSSR count). The van der Waals surface area contributed by atoms with Gasteiger partial charge in [0.05, 0.1) is 19.6 Å². The highest BCUT2D eigenvalue weighted by molar-refractivity contribution is 7.11. The van der Waals surface area contributed by atoms with Crippen molar-refractivity contribution >= 4 is 34.1 Å². The molecule has 1 fully saturated rings. The van der Waals surface area contributed by atoms with E-state index in [2.05, 4.69) is 4.98 Å². The number of rotatable bonds is 6. The van der Waals surface area contributed by atoms with Crippen LogP contribution in [0.25, 0.3) is 10.9 Å². The number of amides is 1. The summed E-state index contributed by atoms with van der Waals surface area (Å²) in [5.41, 5.74) is 2.42. The summed E-state index contributed by atoms with van der Waals surface area (Å²) in [6.07, 6.45) is -1.17. The van der Waals surface area contributed by atoms with Crippen molar-refractivity contribution in [3.05, 3.63) is 51.4 Å². The minimum absolute atomic E-state index is 0.0533. The number of alkyl halides is 3. The number of thiazole rings is 1. The Morgan fingerprint density at radius 3 is 2.59 bits per heavy atom. The Morgan fingerprint density at radius 1 is 1.16 bits per heavy atom. The Morgan fingerprint density at radius 2 is 1.92 bits per heavy atom. The van der Waals surface area contributed by atoms with Crippen molar-refractivity contribution in [1.29, 1.82) is 0 Å².